The van der Waals surface area contributed by atoms with Crippen LogP contribution >= 0.6 is 27.7 Å². The van der Waals surface area contributed by atoms with Gasteiger partial charge in [0.1, 0.15) is 5.75 Å². The average Bonchev–Trinajstić information content (AvgIpc) is 2.62. The summed E-state index contributed by atoms with van der Waals surface area (Å²) >= 11 is 4.56. The number of carbonyl (C=O) groups excluding carboxylic acids is 2. The lowest BCUT2D eigenvalue weighted by Crippen LogP contribution is -2.25. The van der Waals surface area contributed by atoms with Gasteiger partial charge in [0.2, 0.25) is 5.91 Å². The molecule has 1 amide bonds. The predicted octanol–water partition coefficient (Wildman–Crippen LogP) is 2.54. The summed E-state index contributed by atoms with van der Waals surface area (Å²) in [6.07, 6.45) is 0.354. The predicted molar refractivity (Wildman–Crippen MR) is 74.8 cm³/mol. The van der Waals surface area contributed by atoms with Gasteiger partial charge in [0, 0.05) is 35.7 Å². The van der Waals surface area contributed by atoms with Crippen LogP contribution in [-0.2, 0) is 9.59 Å². The number of halogens is 1. The molecule has 1 saturated heterocycles. The minimum absolute atomic E-state index is 0.00995. The third kappa shape index (κ3) is 2.87. The molecule has 1 N–H and O–H groups in total. The molecule has 4 nitrogen and oxygen atoms in total. The normalized spacial score (nSPS) is 19.3. The van der Waals surface area contributed by atoms with Crippen molar-refractivity contribution in [2.45, 2.75) is 18.6 Å². The first-order valence-electron chi connectivity index (χ1n) is 5.43. The first-order valence-corrected chi connectivity index (χ1v) is 7.10. The van der Waals surface area contributed by atoms with E-state index in [0.29, 0.717) is 18.7 Å². The zero-order chi connectivity index (χ0) is 13.3. The van der Waals surface area contributed by atoms with E-state index in [9.17, 15) is 14.7 Å². The molecule has 0 radical (unpaired) electrons. The van der Waals surface area contributed by atoms with Crippen molar-refractivity contribution in [2.24, 2.45) is 0 Å². The molecule has 1 heterocycles. The molecule has 0 saturated carbocycles. The maximum absolute atomic E-state index is 11.9. The van der Waals surface area contributed by atoms with E-state index in [1.54, 1.807) is 23.1 Å². The summed E-state index contributed by atoms with van der Waals surface area (Å²) in [6.45, 7) is 1.99. The first kappa shape index (κ1) is 13.4. The average molecular weight is 330 g/mol. The third-order valence-electron chi connectivity index (χ3n) is 2.64. The van der Waals surface area contributed by atoms with Gasteiger partial charge >= 0.3 is 0 Å². The molecule has 1 aromatic carbocycles. The summed E-state index contributed by atoms with van der Waals surface area (Å²) in [4.78, 5) is 24.6. The highest BCUT2D eigenvalue weighted by molar-refractivity contribution is 9.10. The molecule has 2 rings (SSSR count). The van der Waals surface area contributed by atoms with Crippen molar-refractivity contribution in [2.75, 3.05) is 11.4 Å². The Labute approximate surface area is 117 Å². The van der Waals surface area contributed by atoms with Gasteiger partial charge in [-0.25, -0.2) is 0 Å². The van der Waals surface area contributed by atoms with Crippen LogP contribution < -0.4 is 4.90 Å². The zero-order valence-electron chi connectivity index (χ0n) is 9.72. The fraction of sp³-hybridized carbons (Fsp3) is 0.333. The summed E-state index contributed by atoms with van der Waals surface area (Å²) in [5.74, 6) is 0.0868. The SMILES string of the molecule is CC(=O)SC1CC(=O)N(c2cc(O)ccc2Br)C1. The molecule has 0 spiro atoms. The number of anilines is 1. The number of hydrogen-bond donors (Lipinski definition) is 1. The minimum atomic E-state index is -0.0277. The Balaban J connectivity index is 2.21. The number of benzene rings is 1. The van der Waals surface area contributed by atoms with Crippen molar-refractivity contribution in [1.82, 2.24) is 0 Å². The molecular weight excluding hydrogens is 318 g/mol. The number of phenols is 1. The number of carbonyl (C=O) groups is 2. The molecule has 96 valence electrons. The Morgan fingerprint density at radius 2 is 2.28 bits per heavy atom. The molecule has 6 heteroatoms. The molecule has 1 aliphatic rings. The number of nitrogens with zero attached hydrogens (tertiary/aromatic N) is 1. The van der Waals surface area contributed by atoms with Crippen LogP contribution in [0.4, 0.5) is 5.69 Å². The molecule has 18 heavy (non-hydrogen) atoms. The maximum Gasteiger partial charge on any atom is 0.228 e. The van der Waals surface area contributed by atoms with Crippen molar-refractivity contribution < 1.29 is 14.7 Å². The fourth-order valence-electron chi connectivity index (χ4n) is 1.93. The van der Waals surface area contributed by atoms with Crippen LogP contribution in [0.5, 0.6) is 5.75 Å². The van der Waals surface area contributed by atoms with E-state index in [-0.39, 0.29) is 22.0 Å². The molecule has 1 atom stereocenters. The summed E-state index contributed by atoms with van der Waals surface area (Å²) in [5.41, 5.74) is 0.645. The van der Waals surface area contributed by atoms with Crippen LogP contribution in [0.2, 0.25) is 0 Å². The third-order valence-corrected chi connectivity index (χ3v) is 4.29. The largest absolute Gasteiger partial charge is 0.508 e. The highest BCUT2D eigenvalue weighted by Gasteiger charge is 2.32. The van der Waals surface area contributed by atoms with Crippen LogP contribution in [0, 0.1) is 0 Å². The monoisotopic (exact) mass is 329 g/mol. The van der Waals surface area contributed by atoms with Gasteiger partial charge in [-0.2, -0.15) is 0 Å². The van der Waals surface area contributed by atoms with Gasteiger partial charge in [-0.15, -0.1) is 0 Å². The zero-order valence-corrected chi connectivity index (χ0v) is 12.1. The van der Waals surface area contributed by atoms with Gasteiger partial charge in [0.15, 0.2) is 5.12 Å². The van der Waals surface area contributed by atoms with Gasteiger partial charge in [-0.1, -0.05) is 11.8 Å². The molecule has 0 bridgehead atoms. The highest BCUT2D eigenvalue weighted by Crippen LogP contribution is 2.35. The molecule has 1 unspecified atom stereocenters. The summed E-state index contributed by atoms with van der Waals surface area (Å²) < 4.78 is 0.752. The lowest BCUT2D eigenvalue weighted by molar-refractivity contribution is -0.117. The van der Waals surface area contributed by atoms with Gasteiger partial charge in [-0.3, -0.25) is 9.59 Å². The van der Waals surface area contributed by atoms with E-state index in [4.69, 9.17) is 0 Å². The van der Waals surface area contributed by atoms with Gasteiger partial charge in [0.25, 0.3) is 0 Å². The van der Waals surface area contributed by atoms with Crippen molar-refractivity contribution in [1.29, 1.82) is 0 Å². The Morgan fingerprint density at radius 3 is 2.94 bits per heavy atom. The Kier molecular flexibility index (Phi) is 3.97. The lowest BCUT2D eigenvalue weighted by atomic mass is 10.3. The number of thioether (sulfide) groups is 1. The quantitative estimate of drug-likeness (QED) is 0.905. The van der Waals surface area contributed by atoms with Gasteiger partial charge in [0.05, 0.1) is 5.69 Å². The lowest BCUT2D eigenvalue weighted by Gasteiger charge is -2.18. The Bertz CT molecular complexity index is 506. The number of hydrogen-bond acceptors (Lipinski definition) is 4. The van der Waals surface area contributed by atoms with E-state index in [1.165, 1.54) is 18.7 Å². The van der Waals surface area contributed by atoms with Crippen LogP contribution in [0.25, 0.3) is 0 Å². The van der Waals surface area contributed by atoms with Gasteiger partial charge < -0.3 is 10.0 Å². The number of aromatic hydroxyl groups is 1. The van der Waals surface area contributed by atoms with Crippen molar-refractivity contribution in [3.8, 4) is 5.75 Å². The van der Waals surface area contributed by atoms with E-state index in [2.05, 4.69) is 15.9 Å². The van der Waals surface area contributed by atoms with E-state index >= 15 is 0 Å². The second-order valence-corrected chi connectivity index (χ2v) is 6.41. The molecular formula is C12H12BrNO3S. The summed E-state index contributed by atoms with van der Waals surface area (Å²) in [5, 5.41) is 9.49. The Hall–Kier alpha value is -1.01. The molecule has 0 aliphatic carbocycles. The molecule has 1 aromatic rings. The Morgan fingerprint density at radius 1 is 1.56 bits per heavy atom. The molecule has 0 aromatic heterocycles. The molecule has 1 fully saturated rings. The van der Waals surface area contributed by atoms with Crippen LogP contribution in [0.1, 0.15) is 13.3 Å². The van der Waals surface area contributed by atoms with Crippen LogP contribution in [0.3, 0.4) is 0 Å². The smallest absolute Gasteiger partial charge is 0.228 e. The maximum atomic E-state index is 11.9. The van der Waals surface area contributed by atoms with E-state index in [0.717, 1.165) is 4.47 Å². The minimum Gasteiger partial charge on any atom is -0.508 e. The second-order valence-electron chi connectivity index (χ2n) is 4.08. The topological polar surface area (TPSA) is 57.6 Å². The number of phenolic OH excluding ortho intramolecular Hbond substituents is 1. The van der Waals surface area contributed by atoms with Crippen LogP contribution in [-0.4, -0.2) is 27.9 Å². The van der Waals surface area contributed by atoms with Gasteiger partial charge in [-0.05, 0) is 28.1 Å². The fourth-order valence-corrected chi connectivity index (χ4v) is 3.31. The second kappa shape index (κ2) is 5.32. The molecule has 1 aliphatic heterocycles. The van der Waals surface area contributed by atoms with Crippen molar-refractivity contribution >= 4 is 44.4 Å². The summed E-state index contributed by atoms with van der Waals surface area (Å²) in [7, 11) is 0. The summed E-state index contributed by atoms with van der Waals surface area (Å²) in [6, 6.07) is 4.79. The standard InChI is InChI=1S/C12H12BrNO3S/c1-7(15)18-9-5-12(17)14(6-9)11-4-8(16)2-3-10(11)13/h2-4,9,16H,5-6H2,1H3. The van der Waals surface area contributed by atoms with Crippen molar-refractivity contribution in [3.63, 3.8) is 0 Å². The van der Waals surface area contributed by atoms with Crippen LogP contribution in [0.15, 0.2) is 22.7 Å². The highest BCUT2D eigenvalue weighted by atomic mass is 79.9. The first-order chi connectivity index (χ1) is 8.47. The number of amides is 1. The number of rotatable bonds is 2. The van der Waals surface area contributed by atoms with Crippen molar-refractivity contribution in [3.05, 3.63) is 22.7 Å². The van der Waals surface area contributed by atoms with E-state index < -0.39 is 0 Å². The van der Waals surface area contributed by atoms with E-state index in [1.807, 2.05) is 0 Å².